The molecule has 3 aromatic rings. The molecule has 1 aliphatic heterocycles. The second-order valence-corrected chi connectivity index (χ2v) is 14.4. The number of aliphatic imine (C=N–C) groups is 1. The van der Waals surface area contributed by atoms with E-state index in [1.165, 1.54) is 30.3 Å². The molecule has 1 unspecified atom stereocenters. The van der Waals surface area contributed by atoms with Crippen molar-refractivity contribution in [1.82, 2.24) is 30.3 Å². The lowest BCUT2D eigenvalue weighted by molar-refractivity contribution is -0.164. The van der Waals surface area contributed by atoms with Crippen LogP contribution in [0.5, 0.6) is 0 Å². The predicted molar refractivity (Wildman–Crippen MR) is 172 cm³/mol. The molecule has 1 fully saturated rings. The lowest BCUT2D eigenvalue weighted by Crippen LogP contribution is -2.51. The molecule has 2 aromatic carbocycles. The van der Waals surface area contributed by atoms with E-state index < -0.39 is 90.3 Å². The Balaban J connectivity index is 1.67. The number of halogens is 8. The minimum atomic E-state index is -4.80. The summed E-state index contributed by atoms with van der Waals surface area (Å²) in [6.07, 6.45) is -11.3. The van der Waals surface area contributed by atoms with Gasteiger partial charge in [-0.05, 0) is 54.5 Å². The molecule has 20 heteroatoms. The summed E-state index contributed by atoms with van der Waals surface area (Å²) in [6.45, 7) is 4.25. The summed E-state index contributed by atoms with van der Waals surface area (Å²) < 4.78 is 90.5. The SMILES string of the molecule is CC(C)(C)C[C@]1(c2ccc(Br)cc2F)N=C(NC(=O)O)N(C(COC(=O)NC2(C(F)(F)F)CC2)c2ccc(Cl)c(-n3ncnc3C(F)F)c2)C1=O. The average Bonchev–Trinajstić information content (AvgIpc) is 3.54. The highest BCUT2D eigenvalue weighted by molar-refractivity contribution is 9.10. The Morgan fingerprint density at radius 2 is 1.82 bits per heavy atom. The summed E-state index contributed by atoms with van der Waals surface area (Å²) >= 11 is 9.53. The van der Waals surface area contributed by atoms with Gasteiger partial charge in [0.2, 0.25) is 5.96 Å². The van der Waals surface area contributed by atoms with Crippen molar-refractivity contribution in [2.45, 2.75) is 69.8 Å². The molecular formula is C31H29BrClF6N7O5. The molecule has 1 aromatic heterocycles. The number of ether oxygens (including phenoxy) is 1. The fourth-order valence-corrected chi connectivity index (χ4v) is 6.35. The van der Waals surface area contributed by atoms with Gasteiger partial charge in [-0.2, -0.15) is 18.3 Å². The average molecular weight is 809 g/mol. The first-order valence-corrected chi connectivity index (χ1v) is 16.2. The van der Waals surface area contributed by atoms with Gasteiger partial charge in [0.25, 0.3) is 12.3 Å². The highest BCUT2D eigenvalue weighted by Gasteiger charge is 2.65. The van der Waals surface area contributed by atoms with Crippen LogP contribution in [0.2, 0.25) is 5.02 Å². The molecule has 274 valence electrons. The van der Waals surface area contributed by atoms with Gasteiger partial charge >= 0.3 is 18.4 Å². The molecule has 3 N–H and O–H groups in total. The Labute approximate surface area is 299 Å². The molecule has 0 radical (unpaired) electrons. The van der Waals surface area contributed by atoms with Crippen LogP contribution >= 0.6 is 27.5 Å². The van der Waals surface area contributed by atoms with Crippen LogP contribution in [0.4, 0.5) is 35.9 Å². The van der Waals surface area contributed by atoms with E-state index in [-0.39, 0.29) is 28.3 Å². The van der Waals surface area contributed by atoms with E-state index in [1.54, 1.807) is 26.1 Å². The first-order valence-electron chi connectivity index (χ1n) is 15.1. The van der Waals surface area contributed by atoms with Crippen LogP contribution in [0.25, 0.3) is 5.69 Å². The van der Waals surface area contributed by atoms with Gasteiger partial charge in [0.05, 0.1) is 16.8 Å². The van der Waals surface area contributed by atoms with E-state index in [0.29, 0.717) is 9.15 Å². The number of hydrogen-bond acceptors (Lipinski definition) is 7. The van der Waals surface area contributed by atoms with Crippen molar-refractivity contribution >= 4 is 51.6 Å². The summed E-state index contributed by atoms with van der Waals surface area (Å²) in [4.78, 5) is 48.5. The van der Waals surface area contributed by atoms with E-state index in [1.807, 2.05) is 5.32 Å². The van der Waals surface area contributed by atoms with Crippen LogP contribution in [0.15, 0.2) is 52.2 Å². The molecule has 1 saturated carbocycles. The zero-order valence-electron chi connectivity index (χ0n) is 26.9. The summed E-state index contributed by atoms with van der Waals surface area (Å²) in [6, 6.07) is 5.87. The van der Waals surface area contributed by atoms with Gasteiger partial charge in [-0.15, -0.1) is 0 Å². The lowest BCUT2D eigenvalue weighted by atomic mass is 9.75. The Morgan fingerprint density at radius 3 is 2.39 bits per heavy atom. The maximum absolute atomic E-state index is 15.7. The molecule has 0 saturated heterocycles. The molecule has 5 rings (SSSR count). The molecular weight excluding hydrogens is 780 g/mol. The number of hydrogen-bond donors (Lipinski definition) is 3. The van der Waals surface area contributed by atoms with E-state index in [2.05, 4.69) is 31.0 Å². The van der Waals surface area contributed by atoms with Crippen molar-refractivity contribution in [2.24, 2.45) is 10.4 Å². The standard InChI is InChI=1S/C31H29BrClF6N7O5/c1-28(2,3)13-30(17-6-5-16(32)11-19(17)34)24(47)45(25(43-30)42-26(48)49)21(12-51-27(50)44-29(8-9-29)31(37,38)39)15-4-7-18(33)20(10-15)46-23(22(35)36)40-14-41-46/h4-7,10-11,14,21-22H,8-9,12-13H2,1-3H3,(H,42,43)(H,44,50)(H,48,49)/t21?,30-/m1/s1. The fraction of sp³-hybridized carbons (Fsp3) is 0.419. The number of carboxylic acid groups (broad SMARTS) is 1. The van der Waals surface area contributed by atoms with E-state index in [4.69, 9.17) is 16.3 Å². The zero-order valence-corrected chi connectivity index (χ0v) is 29.2. The van der Waals surface area contributed by atoms with Gasteiger partial charge in [-0.1, -0.05) is 60.4 Å². The minimum absolute atomic E-state index is 0.0500. The zero-order chi connectivity index (χ0) is 37.7. The van der Waals surface area contributed by atoms with Crippen molar-refractivity contribution in [2.75, 3.05) is 6.61 Å². The van der Waals surface area contributed by atoms with Gasteiger partial charge in [0.15, 0.2) is 11.4 Å². The number of rotatable bonds is 9. The number of nitrogens with zero attached hydrogens (tertiary/aromatic N) is 5. The summed E-state index contributed by atoms with van der Waals surface area (Å²) in [5, 5.41) is 17.3. The first-order chi connectivity index (χ1) is 23.7. The number of benzene rings is 2. The number of guanidine groups is 1. The summed E-state index contributed by atoms with van der Waals surface area (Å²) in [5.74, 6) is -3.34. The van der Waals surface area contributed by atoms with Gasteiger partial charge in [-0.3, -0.25) is 15.0 Å². The fourth-order valence-electron chi connectivity index (χ4n) is 5.82. The summed E-state index contributed by atoms with van der Waals surface area (Å²) in [5.41, 5.74) is -5.89. The van der Waals surface area contributed by atoms with Crippen LogP contribution < -0.4 is 10.6 Å². The number of carbonyl (C=O) groups is 3. The Bertz CT molecular complexity index is 1900. The van der Waals surface area contributed by atoms with Crippen molar-refractivity contribution in [3.63, 3.8) is 0 Å². The maximum Gasteiger partial charge on any atom is 0.411 e. The Hall–Kier alpha value is -4.39. The predicted octanol–water partition coefficient (Wildman–Crippen LogP) is 7.42. The number of alkyl halides is 5. The third-order valence-corrected chi connectivity index (χ3v) is 8.96. The number of alkyl carbamates (subject to hydrolysis) is 1. The Morgan fingerprint density at radius 1 is 1.14 bits per heavy atom. The van der Waals surface area contributed by atoms with Crippen molar-refractivity contribution in [1.29, 1.82) is 0 Å². The molecule has 2 heterocycles. The number of carbonyl (C=O) groups excluding carboxylic acids is 2. The molecule has 0 bridgehead atoms. The topological polar surface area (TPSA) is 151 Å². The number of nitrogens with one attached hydrogen (secondary N) is 2. The van der Waals surface area contributed by atoms with E-state index in [0.717, 1.165) is 17.3 Å². The monoisotopic (exact) mass is 807 g/mol. The van der Waals surface area contributed by atoms with E-state index in [9.17, 15) is 41.4 Å². The molecule has 3 amide bonds. The molecule has 12 nitrogen and oxygen atoms in total. The van der Waals surface area contributed by atoms with Gasteiger partial charge in [0, 0.05) is 10.0 Å². The highest BCUT2D eigenvalue weighted by Crippen LogP contribution is 2.49. The number of amides is 3. The van der Waals surface area contributed by atoms with Crippen LogP contribution in [-0.2, 0) is 15.1 Å². The first kappa shape index (κ1) is 37.9. The maximum atomic E-state index is 15.7. The molecule has 2 atom stereocenters. The normalized spacial score (nSPS) is 19.2. The van der Waals surface area contributed by atoms with Crippen LogP contribution in [0, 0.1) is 11.2 Å². The van der Waals surface area contributed by atoms with Crippen molar-refractivity contribution in [3.05, 3.63) is 75.0 Å². The molecule has 1 aliphatic carbocycles. The lowest BCUT2D eigenvalue weighted by Gasteiger charge is -2.35. The second-order valence-electron chi connectivity index (χ2n) is 13.1. The smallest absolute Gasteiger partial charge is 0.411 e. The van der Waals surface area contributed by atoms with Gasteiger partial charge in [0.1, 0.15) is 24.3 Å². The van der Waals surface area contributed by atoms with Crippen LogP contribution in [0.1, 0.15) is 69.5 Å². The third-order valence-electron chi connectivity index (χ3n) is 8.15. The number of aromatic nitrogens is 3. The highest BCUT2D eigenvalue weighted by atomic mass is 79.9. The van der Waals surface area contributed by atoms with Gasteiger partial charge < -0.3 is 15.2 Å². The van der Waals surface area contributed by atoms with Crippen molar-refractivity contribution in [3.8, 4) is 5.69 Å². The molecule has 2 aliphatic rings. The summed E-state index contributed by atoms with van der Waals surface area (Å²) in [7, 11) is 0. The quantitative estimate of drug-likeness (QED) is 0.191. The van der Waals surface area contributed by atoms with Crippen molar-refractivity contribution < 1.29 is 50.6 Å². The third kappa shape index (κ3) is 7.63. The Kier molecular flexibility index (Phi) is 10.1. The van der Waals surface area contributed by atoms with E-state index >= 15 is 4.39 Å². The minimum Gasteiger partial charge on any atom is -0.465 e. The van der Waals surface area contributed by atoms with Crippen LogP contribution in [-0.4, -0.2) is 67.1 Å². The van der Waals surface area contributed by atoms with Crippen LogP contribution in [0.3, 0.4) is 0 Å². The molecule has 51 heavy (non-hydrogen) atoms. The molecule has 0 spiro atoms. The van der Waals surface area contributed by atoms with Gasteiger partial charge in [-0.25, -0.2) is 37.4 Å². The largest absolute Gasteiger partial charge is 0.465 e. The second kappa shape index (κ2) is 13.6.